The van der Waals surface area contributed by atoms with Crippen LogP contribution in [0.3, 0.4) is 0 Å². The Labute approximate surface area is 226 Å². The molecule has 1 aromatic heterocycles. The molecular formula is C28H31N7O4. The van der Waals surface area contributed by atoms with Crippen LogP contribution in [0.4, 0.5) is 4.79 Å². The topological polar surface area (TPSA) is 163 Å². The van der Waals surface area contributed by atoms with E-state index in [2.05, 4.69) is 20.6 Å². The van der Waals surface area contributed by atoms with E-state index in [0.717, 1.165) is 11.1 Å². The normalized spacial score (nSPS) is 15.4. The van der Waals surface area contributed by atoms with Crippen LogP contribution in [0.5, 0.6) is 0 Å². The fourth-order valence-corrected chi connectivity index (χ4v) is 4.75. The average Bonchev–Trinajstić information content (AvgIpc) is 3.47. The summed E-state index contributed by atoms with van der Waals surface area (Å²) in [6.07, 6.45) is 3.38. The van der Waals surface area contributed by atoms with Crippen molar-refractivity contribution in [2.24, 2.45) is 5.73 Å². The van der Waals surface area contributed by atoms with Gasteiger partial charge in [0.05, 0.1) is 7.11 Å². The zero-order valence-electron chi connectivity index (χ0n) is 21.5. The molecule has 0 spiro atoms. The van der Waals surface area contributed by atoms with Gasteiger partial charge in [-0.3, -0.25) is 15.0 Å². The van der Waals surface area contributed by atoms with Gasteiger partial charge >= 0.3 is 6.09 Å². The number of nitrogens with one attached hydrogen (secondary N) is 3. The van der Waals surface area contributed by atoms with Crippen LogP contribution < -0.4 is 16.4 Å². The third-order valence-corrected chi connectivity index (χ3v) is 6.63. The molecule has 1 aliphatic rings. The van der Waals surface area contributed by atoms with E-state index in [0.29, 0.717) is 24.9 Å². The van der Waals surface area contributed by atoms with Crippen LogP contribution >= 0.6 is 0 Å². The van der Waals surface area contributed by atoms with Gasteiger partial charge in [-0.25, -0.2) is 14.8 Å². The van der Waals surface area contributed by atoms with E-state index in [1.807, 2.05) is 60.7 Å². The van der Waals surface area contributed by atoms with Gasteiger partial charge in [-0.05, 0) is 24.0 Å². The number of carbonyl (C=O) groups excluding carboxylic acids is 3. The molecule has 0 saturated carbocycles. The van der Waals surface area contributed by atoms with E-state index >= 15 is 0 Å². The zero-order chi connectivity index (χ0) is 27.8. The van der Waals surface area contributed by atoms with Crippen LogP contribution in [0, 0.1) is 5.41 Å². The summed E-state index contributed by atoms with van der Waals surface area (Å²) in [7, 11) is 1.25. The standard InChI is InChI=1S/C28H31N7O4/c1-39-28(38)34-23(22(19-9-4-2-5-10-19)20-11-6-3-7-12-20)27(37)35-14-8-13-21(35)26(36)33-17-18-15-31-25(24(29)30)32-16-18/h2-7,9-12,15-16,21-23H,8,13-14,17H2,1H3,(H3,29,30)(H,33,36)(H,34,38)/t21-,23+/m0/s1. The van der Waals surface area contributed by atoms with Gasteiger partial charge in [0.2, 0.25) is 11.8 Å². The number of nitrogen functional groups attached to an aromatic ring is 1. The molecule has 0 radical (unpaired) electrons. The lowest BCUT2D eigenvalue weighted by atomic mass is 9.84. The second-order valence-corrected chi connectivity index (χ2v) is 9.15. The van der Waals surface area contributed by atoms with Gasteiger partial charge in [-0.1, -0.05) is 60.7 Å². The second-order valence-electron chi connectivity index (χ2n) is 9.15. The molecule has 202 valence electrons. The van der Waals surface area contributed by atoms with Crippen LogP contribution in [0.15, 0.2) is 73.1 Å². The van der Waals surface area contributed by atoms with Crippen molar-refractivity contribution in [3.63, 3.8) is 0 Å². The lowest BCUT2D eigenvalue weighted by Crippen LogP contribution is -2.55. The largest absolute Gasteiger partial charge is 0.453 e. The molecule has 0 aliphatic carbocycles. The average molecular weight is 530 g/mol. The van der Waals surface area contributed by atoms with Crippen molar-refractivity contribution in [2.45, 2.75) is 37.4 Å². The SMILES string of the molecule is COC(=O)N[C@@H](C(=O)N1CCC[C@H]1C(=O)NCc1cnc(C(=N)N)nc1)C(c1ccccc1)c1ccccc1. The third kappa shape index (κ3) is 6.56. The van der Waals surface area contributed by atoms with Crippen LogP contribution in [0.25, 0.3) is 0 Å². The number of hydrogen-bond acceptors (Lipinski definition) is 7. The highest BCUT2D eigenvalue weighted by molar-refractivity contribution is 5.93. The van der Waals surface area contributed by atoms with Crippen molar-refractivity contribution in [3.8, 4) is 0 Å². The maximum Gasteiger partial charge on any atom is 0.407 e. The number of amides is 3. The minimum Gasteiger partial charge on any atom is -0.453 e. The Morgan fingerprint density at radius 3 is 2.18 bits per heavy atom. The molecule has 2 heterocycles. The van der Waals surface area contributed by atoms with E-state index in [1.165, 1.54) is 24.4 Å². The highest BCUT2D eigenvalue weighted by Gasteiger charge is 2.41. The molecule has 11 nitrogen and oxygen atoms in total. The lowest BCUT2D eigenvalue weighted by Gasteiger charge is -2.33. The van der Waals surface area contributed by atoms with E-state index < -0.39 is 24.1 Å². The van der Waals surface area contributed by atoms with Crippen LogP contribution in [-0.4, -0.2) is 64.3 Å². The zero-order valence-corrected chi connectivity index (χ0v) is 21.5. The van der Waals surface area contributed by atoms with E-state index in [9.17, 15) is 14.4 Å². The van der Waals surface area contributed by atoms with Crippen LogP contribution in [0.1, 0.15) is 41.3 Å². The fraction of sp³-hybridized carbons (Fsp3) is 0.286. The molecule has 5 N–H and O–H groups in total. The number of nitrogens with two attached hydrogens (primary N) is 1. The quantitative estimate of drug-likeness (QED) is 0.243. The van der Waals surface area contributed by atoms with Gasteiger partial charge in [0.25, 0.3) is 0 Å². The maximum absolute atomic E-state index is 14.1. The minimum atomic E-state index is -1.01. The Morgan fingerprint density at radius 2 is 1.64 bits per heavy atom. The molecule has 3 amide bonds. The summed E-state index contributed by atoms with van der Waals surface area (Å²) < 4.78 is 4.87. The Bertz CT molecular complexity index is 1260. The van der Waals surface area contributed by atoms with Crippen molar-refractivity contribution in [2.75, 3.05) is 13.7 Å². The fourth-order valence-electron chi connectivity index (χ4n) is 4.75. The maximum atomic E-state index is 14.1. The summed E-state index contributed by atoms with van der Waals surface area (Å²) in [5, 5.41) is 13.0. The molecule has 2 atom stereocenters. The summed E-state index contributed by atoms with van der Waals surface area (Å²) in [4.78, 5) is 49.3. The van der Waals surface area contributed by atoms with Crippen molar-refractivity contribution in [1.82, 2.24) is 25.5 Å². The van der Waals surface area contributed by atoms with E-state index in [-0.39, 0.29) is 30.0 Å². The smallest absolute Gasteiger partial charge is 0.407 e. The van der Waals surface area contributed by atoms with Crippen molar-refractivity contribution >= 4 is 23.7 Å². The monoisotopic (exact) mass is 529 g/mol. The van der Waals surface area contributed by atoms with Gasteiger partial charge in [0, 0.05) is 37.0 Å². The van der Waals surface area contributed by atoms with Crippen molar-refractivity contribution in [3.05, 3.63) is 95.6 Å². The Kier molecular flexibility index (Phi) is 8.82. The molecule has 1 saturated heterocycles. The van der Waals surface area contributed by atoms with E-state index in [4.69, 9.17) is 15.9 Å². The number of hydrogen-bond donors (Lipinski definition) is 4. The molecular weight excluding hydrogens is 498 g/mol. The molecule has 0 bridgehead atoms. The van der Waals surface area contributed by atoms with Gasteiger partial charge < -0.3 is 26.0 Å². The predicted octanol–water partition coefficient (Wildman–Crippen LogP) is 1.92. The number of methoxy groups -OCH3 is 1. The Balaban J connectivity index is 1.57. The molecule has 3 aromatic rings. The first-order valence-electron chi connectivity index (χ1n) is 12.6. The third-order valence-electron chi connectivity index (χ3n) is 6.63. The first-order valence-corrected chi connectivity index (χ1v) is 12.6. The number of likely N-dealkylation sites (tertiary alicyclic amines) is 1. The van der Waals surface area contributed by atoms with E-state index in [1.54, 1.807) is 0 Å². The lowest BCUT2D eigenvalue weighted by molar-refractivity contribution is -0.140. The number of alkyl carbamates (subject to hydrolysis) is 1. The number of carbonyl (C=O) groups is 3. The first kappa shape index (κ1) is 27.2. The molecule has 1 aliphatic heterocycles. The summed E-state index contributed by atoms with van der Waals surface area (Å²) in [5.74, 6) is -1.34. The highest BCUT2D eigenvalue weighted by Crippen LogP contribution is 2.31. The molecule has 0 unspecified atom stereocenters. The first-order chi connectivity index (χ1) is 18.9. The summed E-state index contributed by atoms with van der Waals surface area (Å²) in [6.45, 7) is 0.527. The van der Waals surface area contributed by atoms with Gasteiger partial charge in [-0.2, -0.15) is 0 Å². The van der Waals surface area contributed by atoms with Gasteiger partial charge in [-0.15, -0.1) is 0 Å². The number of ether oxygens (including phenoxy) is 1. The second kappa shape index (κ2) is 12.6. The molecule has 11 heteroatoms. The van der Waals surface area contributed by atoms with Crippen molar-refractivity contribution < 1.29 is 19.1 Å². The predicted molar refractivity (Wildman–Crippen MR) is 144 cm³/mol. The molecule has 2 aromatic carbocycles. The van der Waals surface area contributed by atoms with Gasteiger partial charge in [0.15, 0.2) is 11.7 Å². The number of amidine groups is 1. The number of rotatable bonds is 9. The summed E-state index contributed by atoms with van der Waals surface area (Å²) >= 11 is 0. The van der Waals surface area contributed by atoms with Gasteiger partial charge in [0.1, 0.15) is 12.1 Å². The Hall–Kier alpha value is -4.80. The number of benzene rings is 2. The summed E-state index contributed by atoms with van der Waals surface area (Å²) in [6, 6.07) is 17.2. The number of nitrogens with zero attached hydrogens (tertiary/aromatic N) is 3. The van der Waals surface area contributed by atoms with Crippen LogP contribution in [-0.2, 0) is 20.9 Å². The summed E-state index contributed by atoms with van der Waals surface area (Å²) in [5.41, 5.74) is 7.70. The molecule has 39 heavy (non-hydrogen) atoms. The molecule has 4 rings (SSSR count). The van der Waals surface area contributed by atoms with Crippen LogP contribution in [0.2, 0.25) is 0 Å². The highest BCUT2D eigenvalue weighted by atomic mass is 16.5. The number of aromatic nitrogens is 2. The molecule has 1 fully saturated rings. The van der Waals surface area contributed by atoms with Crippen molar-refractivity contribution in [1.29, 1.82) is 5.41 Å². The minimum absolute atomic E-state index is 0.105. The Morgan fingerprint density at radius 1 is 1.05 bits per heavy atom.